The van der Waals surface area contributed by atoms with Crippen molar-refractivity contribution in [1.29, 1.82) is 0 Å². The fourth-order valence-electron chi connectivity index (χ4n) is 0.768. The molecular formula is C6H2F6N2. The van der Waals surface area contributed by atoms with Crippen molar-refractivity contribution < 1.29 is 26.3 Å². The molecule has 1 heterocycles. The Morgan fingerprint density at radius 1 is 1.14 bits per heavy atom. The van der Waals surface area contributed by atoms with Crippen LogP contribution in [-0.2, 0) is 12.7 Å². The van der Waals surface area contributed by atoms with E-state index in [4.69, 9.17) is 0 Å². The molecule has 14 heavy (non-hydrogen) atoms. The summed E-state index contributed by atoms with van der Waals surface area (Å²) in [5.41, 5.74) is -1.11. The normalized spacial score (nSPS) is 13.3. The Morgan fingerprint density at radius 3 is 2.14 bits per heavy atom. The van der Waals surface area contributed by atoms with Crippen molar-refractivity contribution in [3.63, 3.8) is 0 Å². The fraction of sp³-hybridized carbons (Fsp3) is 0.500. The zero-order chi connectivity index (χ0) is 11.0. The molecule has 0 aliphatic carbocycles. The summed E-state index contributed by atoms with van der Waals surface area (Å²) in [7, 11) is 0. The highest BCUT2D eigenvalue weighted by Gasteiger charge is 2.37. The zero-order valence-corrected chi connectivity index (χ0v) is 6.37. The Morgan fingerprint density at radius 2 is 1.71 bits per heavy atom. The van der Waals surface area contributed by atoms with Crippen LogP contribution < -0.4 is 0 Å². The number of nitrogens with zero attached hydrogens (tertiary/aromatic N) is 2. The molecule has 0 aliphatic heterocycles. The molecule has 0 aromatic carbocycles. The highest BCUT2D eigenvalue weighted by atomic mass is 19.4. The first-order valence-corrected chi connectivity index (χ1v) is 3.21. The van der Waals surface area contributed by atoms with Gasteiger partial charge < -0.3 is 0 Å². The number of hydrogen-bond donors (Lipinski definition) is 0. The van der Waals surface area contributed by atoms with E-state index in [1.54, 1.807) is 6.20 Å². The van der Waals surface area contributed by atoms with Gasteiger partial charge >= 0.3 is 12.5 Å². The zero-order valence-electron chi connectivity index (χ0n) is 6.37. The lowest BCUT2D eigenvalue weighted by Gasteiger charge is -2.11. The average Bonchev–Trinajstić information content (AvgIpc) is 2.29. The van der Waals surface area contributed by atoms with Crippen LogP contribution in [0.5, 0.6) is 0 Å². The van der Waals surface area contributed by atoms with Crippen LogP contribution in [0, 0.1) is 12.5 Å². The summed E-state index contributed by atoms with van der Waals surface area (Å²) in [6.07, 6.45) is -8.47. The van der Waals surface area contributed by atoms with Crippen molar-refractivity contribution in [2.75, 3.05) is 0 Å². The lowest BCUT2D eigenvalue weighted by Crippen LogP contribution is -2.22. The van der Waals surface area contributed by atoms with E-state index in [0.717, 1.165) is 0 Å². The molecule has 0 N–H and O–H groups in total. The van der Waals surface area contributed by atoms with Crippen LogP contribution in [0.25, 0.3) is 0 Å². The maximum Gasteiger partial charge on any atom is 0.490 e. The Kier molecular flexibility index (Phi) is 2.47. The molecular weight excluding hydrogens is 214 g/mol. The second kappa shape index (κ2) is 3.18. The number of imidazole rings is 1. The molecule has 2 radical (unpaired) electrons. The Bertz CT molecular complexity index is 309. The van der Waals surface area contributed by atoms with Gasteiger partial charge in [-0.1, -0.05) is 0 Å². The van der Waals surface area contributed by atoms with Crippen molar-refractivity contribution in [3.05, 3.63) is 18.2 Å². The van der Waals surface area contributed by atoms with Gasteiger partial charge in [-0.3, -0.25) is 0 Å². The van der Waals surface area contributed by atoms with Crippen molar-refractivity contribution in [3.8, 4) is 0 Å². The van der Waals surface area contributed by atoms with E-state index >= 15 is 0 Å². The molecule has 0 saturated heterocycles. The topological polar surface area (TPSA) is 17.8 Å². The second-order valence-corrected chi connectivity index (χ2v) is 2.37. The first-order valence-electron chi connectivity index (χ1n) is 3.21. The third-order valence-corrected chi connectivity index (χ3v) is 1.23. The standard InChI is InChI=1S/C6H2F6N2/c7-5(8,9)1-4-2-13-3-14(4)6(10,11)12/h1H2. The lowest BCUT2D eigenvalue weighted by molar-refractivity contribution is -0.208. The van der Waals surface area contributed by atoms with Crippen molar-refractivity contribution >= 4 is 0 Å². The summed E-state index contributed by atoms with van der Waals surface area (Å²) < 4.78 is 70.5. The molecule has 0 fully saturated rings. The van der Waals surface area contributed by atoms with E-state index < -0.39 is 29.2 Å². The van der Waals surface area contributed by atoms with E-state index in [0.29, 0.717) is 0 Å². The lowest BCUT2D eigenvalue weighted by atomic mass is 10.3. The SMILES string of the molecule is FC(F)(F)Cc1[c]n[c]n1C(F)(F)F. The Hall–Kier alpha value is -1.21. The number of rotatable bonds is 1. The van der Waals surface area contributed by atoms with Gasteiger partial charge in [-0.15, -0.1) is 13.2 Å². The minimum atomic E-state index is -4.95. The molecule has 0 saturated carbocycles. The number of aromatic nitrogens is 2. The largest absolute Gasteiger partial charge is 0.490 e. The highest BCUT2D eigenvalue weighted by Crippen LogP contribution is 2.27. The summed E-state index contributed by atoms with van der Waals surface area (Å²) in [6, 6.07) is 0. The van der Waals surface area contributed by atoms with Crippen LogP contribution in [-0.4, -0.2) is 15.7 Å². The minimum absolute atomic E-state index is 0.638. The quantitative estimate of drug-likeness (QED) is 0.657. The molecule has 0 atom stereocenters. The fourth-order valence-corrected chi connectivity index (χ4v) is 0.768. The van der Waals surface area contributed by atoms with Crippen LogP contribution >= 0.6 is 0 Å². The van der Waals surface area contributed by atoms with Crippen LogP contribution in [0.2, 0.25) is 0 Å². The van der Waals surface area contributed by atoms with E-state index in [-0.39, 0.29) is 0 Å². The first-order chi connectivity index (χ1) is 6.20. The van der Waals surface area contributed by atoms with E-state index in [1.807, 2.05) is 0 Å². The molecule has 2 nitrogen and oxygen atoms in total. The Balaban J connectivity index is 2.95. The average molecular weight is 216 g/mol. The van der Waals surface area contributed by atoms with Gasteiger partial charge in [0, 0.05) is 0 Å². The molecule has 0 spiro atoms. The molecule has 0 amide bonds. The molecule has 8 heteroatoms. The predicted molar refractivity (Wildman–Crippen MR) is 31.0 cm³/mol. The molecule has 1 aromatic heterocycles. The summed E-state index contributed by atoms with van der Waals surface area (Å²) in [5, 5.41) is 0. The Labute approximate surface area is 74.2 Å². The summed E-state index contributed by atoms with van der Waals surface area (Å²) >= 11 is 0. The second-order valence-electron chi connectivity index (χ2n) is 2.37. The van der Waals surface area contributed by atoms with Crippen LogP contribution in [0.4, 0.5) is 26.3 Å². The van der Waals surface area contributed by atoms with Crippen molar-refractivity contribution in [2.45, 2.75) is 18.9 Å². The van der Waals surface area contributed by atoms with Gasteiger partial charge in [0.1, 0.15) is 6.20 Å². The predicted octanol–water partition coefficient (Wildman–Crippen LogP) is 2.06. The third kappa shape index (κ3) is 2.64. The van der Waals surface area contributed by atoms with Gasteiger partial charge in [-0.2, -0.15) is 13.2 Å². The third-order valence-electron chi connectivity index (χ3n) is 1.23. The summed E-state index contributed by atoms with van der Waals surface area (Å²) in [5.74, 6) is 0. The minimum Gasteiger partial charge on any atom is -0.234 e. The van der Waals surface area contributed by atoms with Gasteiger partial charge in [0.2, 0.25) is 0 Å². The van der Waals surface area contributed by atoms with E-state index in [1.165, 1.54) is 6.33 Å². The molecule has 0 bridgehead atoms. The van der Waals surface area contributed by atoms with Gasteiger partial charge in [0.25, 0.3) is 0 Å². The van der Waals surface area contributed by atoms with Gasteiger partial charge in [0.05, 0.1) is 12.1 Å². The first kappa shape index (κ1) is 10.9. The van der Waals surface area contributed by atoms with Crippen LogP contribution in [0.3, 0.4) is 0 Å². The van der Waals surface area contributed by atoms with Gasteiger partial charge in [-0.05, 0) is 0 Å². The number of halogens is 6. The highest BCUT2D eigenvalue weighted by molar-refractivity contribution is 4.99. The monoisotopic (exact) mass is 216 g/mol. The molecule has 0 aliphatic rings. The van der Waals surface area contributed by atoms with Crippen LogP contribution in [0.1, 0.15) is 5.69 Å². The van der Waals surface area contributed by atoms with Crippen molar-refractivity contribution in [2.24, 2.45) is 0 Å². The molecule has 0 unspecified atom stereocenters. The number of alkyl halides is 6. The maximum atomic E-state index is 12.0. The molecule has 78 valence electrons. The van der Waals surface area contributed by atoms with E-state index in [2.05, 4.69) is 4.98 Å². The van der Waals surface area contributed by atoms with Gasteiger partial charge in [0.15, 0.2) is 6.33 Å². The van der Waals surface area contributed by atoms with Gasteiger partial charge in [-0.25, -0.2) is 9.55 Å². The number of hydrogen-bond acceptors (Lipinski definition) is 1. The molecule has 1 aromatic rings. The maximum absolute atomic E-state index is 12.0. The summed E-state index contributed by atoms with van der Waals surface area (Å²) in [6.45, 7) is 0. The van der Waals surface area contributed by atoms with Crippen LogP contribution in [0.15, 0.2) is 0 Å². The van der Waals surface area contributed by atoms with Crippen molar-refractivity contribution in [1.82, 2.24) is 9.55 Å². The molecule has 1 rings (SSSR count). The summed E-state index contributed by atoms with van der Waals surface area (Å²) in [4.78, 5) is 2.77. The smallest absolute Gasteiger partial charge is 0.234 e. The van der Waals surface area contributed by atoms with E-state index in [9.17, 15) is 26.3 Å².